The molecule has 0 aliphatic heterocycles. The predicted molar refractivity (Wildman–Crippen MR) is 59.7 cm³/mol. The highest BCUT2D eigenvalue weighted by Gasteiger charge is 1.79. The molecule has 1 aromatic carbocycles. The van der Waals surface area contributed by atoms with Gasteiger partial charge in [-0.1, -0.05) is 18.2 Å². The summed E-state index contributed by atoms with van der Waals surface area (Å²) < 4.78 is 0. The van der Waals surface area contributed by atoms with Gasteiger partial charge in [0, 0.05) is 6.92 Å². The van der Waals surface area contributed by atoms with Crippen LogP contribution in [0.5, 0.6) is 0 Å². The molecule has 0 spiro atoms. The monoisotopic (exact) mass is 212 g/mol. The molecule has 2 nitrogen and oxygen atoms in total. The summed E-state index contributed by atoms with van der Waals surface area (Å²) in [6.07, 6.45) is 0. The van der Waals surface area contributed by atoms with Crippen molar-refractivity contribution < 1.29 is 0 Å². The second-order valence-electron chi connectivity index (χ2n) is 1.76. The number of aliphatic imine (C=N–C) groups is 1. The standard InChI is InChI=1S/C7H5NS.C2H3N.ClH/c9-6-8-7-4-2-1-3-5-7;1-2-3;/h1-5H;1H3;1H. The van der Waals surface area contributed by atoms with Crippen molar-refractivity contribution in [3.63, 3.8) is 0 Å². The summed E-state index contributed by atoms with van der Waals surface area (Å²) >= 11 is 4.42. The minimum atomic E-state index is 0. The molecule has 4 heteroatoms. The van der Waals surface area contributed by atoms with Gasteiger partial charge < -0.3 is 0 Å². The van der Waals surface area contributed by atoms with E-state index in [9.17, 15) is 0 Å². The van der Waals surface area contributed by atoms with Crippen LogP contribution in [0.1, 0.15) is 6.92 Å². The van der Waals surface area contributed by atoms with Crippen LogP contribution in [0.2, 0.25) is 0 Å². The number of rotatable bonds is 1. The zero-order chi connectivity index (χ0) is 9.23. The van der Waals surface area contributed by atoms with Gasteiger partial charge in [0.05, 0.1) is 16.9 Å². The number of nitrogens with zero attached hydrogens (tertiary/aromatic N) is 2. The summed E-state index contributed by atoms with van der Waals surface area (Å²) in [5, 5.41) is 9.61. The molecular weight excluding hydrogens is 204 g/mol. The summed E-state index contributed by atoms with van der Waals surface area (Å²) in [5.74, 6) is 0. The molecule has 68 valence electrons. The Kier molecular flexibility index (Phi) is 11.9. The van der Waals surface area contributed by atoms with E-state index in [1.165, 1.54) is 6.92 Å². The average molecular weight is 213 g/mol. The topological polar surface area (TPSA) is 36.1 Å². The number of isothiocyanates is 1. The molecule has 1 rings (SSSR count). The molecule has 0 atom stereocenters. The van der Waals surface area contributed by atoms with Crippen molar-refractivity contribution in [2.24, 2.45) is 4.99 Å². The van der Waals surface area contributed by atoms with Gasteiger partial charge in [0.15, 0.2) is 0 Å². The lowest BCUT2D eigenvalue weighted by Gasteiger charge is -1.83. The maximum atomic E-state index is 7.32. The number of thiocarbonyl (C=S) groups is 1. The molecule has 0 heterocycles. The van der Waals surface area contributed by atoms with Crippen molar-refractivity contribution in [3.8, 4) is 6.07 Å². The van der Waals surface area contributed by atoms with Crippen molar-refractivity contribution in [1.82, 2.24) is 0 Å². The van der Waals surface area contributed by atoms with Crippen LogP contribution in [0, 0.1) is 11.3 Å². The first-order valence-electron chi connectivity index (χ1n) is 3.29. The fraction of sp³-hybridized carbons (Fsp3) is 0.111. The Labute approximate surface area is 89.3 Å². The van der Waals surface area contributed by atoms with Crippen LogP contribution in [0.4, 0.5) is 5.69 Å². The Morgan fingerprint density at radius 3 is 2.15 bits per heavy atom. The molecule has 0 saturated heterocycles. The lowest BCUT2D eigenvalue weighted by Crippen LogP contribution is -1.58. The van der Waals surface area contributed by atoms with Crippen LogP contribution in [0.15, 0.2) is 35.3 Å². The van der Waals surface area contributed by atoms with E-state index in [0.717, 1.165) is 5.69 Å². The van der Waals surface area contributed by atoms with Crippen molar-refractivity contribution in [3.05, 3.63) is 30.3 Å². The molecule has 0 aromatic heterocycles. The van der Waals surface area contributed by atoms with Gasteiger partial charge in [-0.3, -0.25) is 0 Å². The summed E-state index contributed by atoms with van der Waals surface area (Å²) in [7, 11) is 0. The quantitative estimate of drug-likeness (QED) is 0.529. The van der Waals surface area contributed by atoms with Gasteiger partial charge in [0.1, 0.15) is 0 Å². The van der Waals surface area contributed by atoms with Crippen LogP contribution >= 0.6 is 24.6 Å². The van der Waals surface area contributed by atoms with Crippen molar-refractivity contribution >= 4 is 35.5 Å². The molecular formula is C9H9ClN2S. The Morgan fingerprint density at radius 1 is 1.31 bits per heavy atom. The third kappa shape index (κ3) is 8.71. The third-order valence-corrected chi connectivity index (χ3v) is 1.02. The van der Waals surface area contributed by atoms with Gasteiger partial charge in [-0.05, 0) is 24.4 Å². The molecule has 13 heavy (non-hydrogen) atoms. The second-order valence-corrected chi connectivity index (χ2v) is 1.94. The molecule has 0 aliphatic rings. The summed E-state index contributed by atoms with van der Waals surface area (Å²) in [6, 6.07) is 11.2. The van der Waals surface area contributed by atoms with Crippen molar-refractivity contribution in [2.75, 3.05) is 0 Å². The first kappa shape index (κ1) is 14.3. The normalized spacial score (nSPS) is 6.15. The van der Waals surface area contributed by atoms with Gasteiger partial charge in [-0.25, -0.2) is 0 Å². The number of benzene rings is 1. The Morgan fingerprint density at radius 2 is 1.77 bits per heavy atom. The van der Waals surface area contributed by atoms with E-state index < -0.39 is 0 Å². The molecule has 0 fully saturated rings. The molecule has 0 aliphatic carbocycles. The van der Waals surface area contributed by atoms with Gasteiger partial charge in [-0.15, -0.1) is 12.4 Å². The fourth-order valence-electron chi connectivity index (χ4n) is 0.555. The molecule has 0 amide bonds. The molecule has 0 unspecified atom stereocenters. The number of nitriles is 1. The van der Waals surface area contributed by atoms with E-state index in [4.69, 9.17) is 5.26 Å². The highest BCUT2D eigenvalue weighted by atomic mass is 35.5. The molecule has 0 N–H and O–H groups in total. The van der Waals surface area contributed by atoms with Crippen LogP contribution in [0.25, 0.3) is 0 Å². The molecule has 0 saturated carbocycles. The SMILES string of the molecule is CC#N.Cl.S=C=Nc1ccccc1. The Bertz CT molecular complexity index is 299. The summed E-state index contributed by atoms with van der Waals surface area (Å²) in [6.45, 7) is 1.43. The highest BCUT2D eigenvalue weighted by molar-refractivity contribution is 7.78. The fourth-order valence-corrected chi connectivity index (χ4v) is 0.661. The lowest BCUT2D eigenvalue weighted by molar-refractivity contribution is 1.49. The number of hydrogen-bond donors (Lipinski definition) is 0. The first-order valence-corrected chi connectivity index (χ1v) is 3.69. The highest BCUT2D eigenvalue weighted by Crippen LogP contribution is 2.07. The minimum absolute atomic E-state index is 0. The average Bonchev–Trinajstić information content (AvgIpc) is 2.08. The number of halogens is 1. The summed E-state index contributed by atoms with van der Waals surface area (Å²) in [5.41, 5.74) is 0.854. The maximum absolute atomic E-state index is 7.32. The van der Waals surface area contributed by atoms with E-state index in [1.54, 1.807) is 6.07 Å². The van der Waals surface area contributed by atoms with E-state index in [0.29, 0.717) is 0 Å². The molecule has 1 aromatic rings. The zero-order valence-electron chi connectivity index (χ0n) is 7.10. The lowest BCUT2D eigenvalue weighted by atomic mass is 10.3. The van der Waals surface area contributed by atoms with Crippen molar-refractivity contribution in [1.29, 1.82) is 5.26 Å². The van der Waals surface area contributed by atoms with Gasteiger partial charge in [0.25, 0.3) is 0 Å². The first-order chi connectivity index (χ1) is 5.85. The van der Waals surface area contributed by atoms with Crippen LogP contribution < -0.4 is 0 Å². The van der Waals surface area contributed by atoms with Crippen LogP contribution in [-0.2, 0) is 0 Å². The smallest absolute Gasteiger partial charge is 0.0739 e. The van der Waals surface area contributed by atoms with Crippen molar-refractivity contribution in [2.45, 2.75) is 6.92 Å². The van der Waals surface area contributed by atoms with Gasteiger partial charge in [0.2, 0.25) is 0 Å². The van der Waals surface area contributed by atoms with E-state index >= 15 is 0 Å². The zero-order valence-corrected chi connectivity index (χ0v) is 8.73. The predicted octanol–water partition coefficient (Wildman–Crippen LogP) is 3.37. The van der Waals surface area contributed by atoms with Crippen LogP contribution in [0.3, 0.4) is 0 Å². The van der Waals surface area contributed by atoms with Gasteiger partial charge in [-0.2, -0.15) is 10.3 Å². The third-order valence-electron chi connectivity index (χ3n) is 0.931. The van der Waals surface area contributed by atoms with E-state index in [2.05, 4.69) is 22.4 Å². The second kappa shape index (κ2) is 10.8. The van der Waals surface area contributed by atoms with E-state index in [-0.39, 0.29) is 12.4 Å². The Balaban J connectivity index is 0. The Hall–Kier alpha value is -1.20. The number of hydrogen-bond acceptors (Lipinski definition) is 3. The summed E-state index contributed by atoms with van der Waals surface area (Å²) in [4.78, 5) is 3.77. The minimum Gasteiger partial charge on any atom is -0.199 e. The van der Waals surface area contributed by atoms with Crippen LogP contribution in [-0.4, -0.2) is 5.16 Å². The number of para-hydroxylation sites is 1. The van der Waals surface area contributed by atoms with Gasteiger partial charge >= 0.3 is 0 Å². The molecule has 0 bridgehead atoms. The largest absolute Gasteiger partial charge is 0.199 e. The van der Waals surface area contributed by atoms with E-state index in [1.807, 2.05) is 30.3 Å². The molecule has 0 radical (unpaired) electrons. The maximum Gasteiger partial charge on any atom is 0.0739 e.